The Morgan fingerprint density at radius 2 is 2.12 bits per heavy atom. The zero-order chi connectivity index (χ0) is 13.1. The molecule has 0 saturated heterocycles. The highest BCUT2D eigenvalue weighted by Crippen LogP contribution is 2.20. The zero-order valence-electron chi connectivity index (χ0n) is 10.5. The molecule has 1 rings (SSSR count). The molecule has 0 aliphatic heterocycles. The van der Waals surface area contributed by atoms with E-state index in [1.807, 2.05) is 0 Å². The van der Waals surface area contributed by atoms with Gasteiger partial charge in [-0.05, 0) is 20.8 Å². The van der Waals surface area contributed by atoms with Crippen molar-refractivity contribution in [3.63, 3.8) is 0 Å². The molecule has 6 nitrogen and oxygen atoms in total. The van der Waals surface area contributed by atoms with Gasteiger partial charge in [0.15, 0.2) is 0 Å². The molecule has 1 amide bonds. The van der Waals surface area contributed by atoms with Gasteiger partial charge in [0.25, 0.3) is 0 Å². The molecule has 0 aromatic carbocycles. The normalized spacial score (nSPS) is 10.8. The summed E-state index contributed by atoms with van der Waals surface area (Å²) in [6, 6.07) is 1.64. The van der Waals surface area contributed by atoms with Gasteiger partial charge in [-0.3, -0.25) is 5.32 Å². The van der Waals surface area contributed by atoms with Crippen molar-refractivity contribution < 1.29 is 9.53 Å². The summed E-state index contributed by atoms with van der Waals surface area (Å²) >= 11 is 0. The first-order valence-corrected chi connectivity index (χ1v) is 5.25. The number of rotatable bonds is 2. The van der Waals surface area contributed by atoms with Gasteiger partial charge in [-0.25, -0.2) is 9.78 Å². The summed E-state index contributed by atoms with van der Waals surface area (Å²) in [6.07, 6.45) is 0.926. The SMILES string of the molecule is CNc1cc(NC(=O)OC(C)(C)C)ncc1N. The third kappa shape index (κ3) is 4.18. The van der Waals surface area contributed by atoms with Crippen LogP contribution in [0.3, 0.4) is 0 Å². The van der Waals surface area contributed by atoms with Crippen LogP contribution in [0.25, 0.3) is 0 Å². The number of aromatic nitrogens is 1. The van der Waals surface area contributed by atoms with E-state index in [-0.39, 0.29) is 0 Å². The van der Waals surface area contributed by atoms with Gasteiger partial charge >= 0.3 is 6.09 Å². The molecule has 17 heavy (non-hydrogen) atoms. The second-order valence-corrected chi connectivity index (χ2v) is 4.53. The van der Waals surface area contributed by atoms with Crippen LogP contribution in [0.4, 0.5) is 22.0 Å². The molecule has 0 atom stereocenters. The fraction of sp³-hybridized carbons (Fsp3) is 0.455. The molecule has 4 N–H and O–H groups in total. The largest absolute Gasteiger partial charge is 0.444 e. The Morgan fingerprint density at radius 3 is 2.65 bits per heavy atom. The molecule has 94 valence electrons. The topological polar surface area (TPSA) is 89.3 Å². The quantitative estimate of drug-likeness (QED) is 0.733. The van der Waals surface area contributed by atoms with E-state index in [0.29, 0.717) is 17.2 Å². The van der Waals surface area contributed by atoms with Crippen molar-refractivity contribution in [3.8, 4) is 0 Å². The minimum Gasteiger partial charge on any atom is -0.444 e. The molecule has 0 aliphatic carbocycles. The minimum absolute atomic E-state index is 0.387. The Balaban J connectivity index is 2.72. The van der Waals surface area contributed by atoms with Crippen LogP contribution in [0, 0.1) is 0 Å². The van der Waals surface area contributed by atoms with Gasteiger partial charge in [-0.1, -0.05) is 0 Å². The lowest BCUT2D eigenvalue weighted by Crippen LogP contribution is -2.27. The summed E-state index contributed by atoms with van der Waals surface area (Å²) in [4.78, 5) is 15.5. The number of ether oxygens (including phenoxy) is 1. The number of nitrogens with two attached hydrogens (primary N) is 1. The van der Waals surface area contributed by atoms with E-state index in [0.717, 1.165) is 0 Å². The number of pyridine rings is 1. The predicted octanol–water partition coefficient (Wildman–Crippen LogP) is 2.05. The van der Waals surface area contributed by atoms with Crippen molar-refractivity contribution in [2.24, 2.45) is 0 Å². The highest BCUT2D eigenvalue weighted by molar-refractivity contribution is 5.85. The number of nitrogens with zero attached hydrogens (tertiary/aromatic N) is 1. The predicted molar refractivity (Wildman–Crippen MR) is 68.1 cm³/mol. The third-order valence-electron chi connectivity index (χ3n) is 1.83. The van der Waals surface area contributed by atoms with Crippen LogP contribution in [0.1, 0.15) is 20.8 Å². The van der Waals surface area contributed by atoms with Crippen molar-refractivity contribution in [3.05, 3.63) is 12.3 Å². The molecular weight excluding hydrogens is 220 g/mol. The lowest BCUT2D eigenvalue weighted by atomic mass is 10.2. The fourth-order valence-electron chi connectivity index (χ4n) is 1.16. The van der Waals surface area contributed by atoms with Crippen LogP contribution in [0.15, 0.2) is 12.3 Å². The number of hydrogen-bond donors (Lipinski definition) is 3. The number of nitrogens with one attached hydrogen (secondary N) is 2. The lowest BCUT2D eigenvalue weighted by Gasteiger charge is -2.19. The maximum Gasteiger partial charge on any atom is 0.413 e. The van der Waals surface area contributed by atoms with Crippen LogP contribution in [-0.2, 0) is 4.74 Å². The summed E-state index contributed by atoms with van der Waals surface area (Å²) in [5.41, 5.74) is 6.34. The van der Waals surface area contributed by atoms with Gasteiger partial charge in [0.2, 0.25) is 0 Å². The van der Waals surface area contributed by atoms with Crippen molar-refractivity contribution in [2.75, 3.05) is 23.4 Å². The summed E-state index contributed by atoms with van der Waals surface area (Å²) in [5.74, 6) is 0.387. The Morgan fingerprint density at radius 1 is 1.47 bits per heavy atom. The first-order chi connectivity index (χ1) is 7.81. The average Bonchev–Trinajstić information content (AvgIpc) is 2.18. The molecule has 0 unspecified atom stereocenters. The van der Waals surface area contributed by atoms with E-state index in [2.05, 4.69) is 15.6 Å². The molecule has 6 heteroatoms. The van der Waals surface area contributed by atoms with Gasteiger partial charge in [-0.15, -0.1) is 0 Å². The number of carbonyl (C=O) groups is 1. The van der Waals surface area contributed by atoms with Gasteiger partial charge in [0, 0.05) is 13.1 Å². The first kappa shape index (κ1) is 13.1. The molecule has 0 aliphatic rings. The van der Waals surface area contributed by atoms with Crippen molar-refractivity contribution >= 4 is 23.3 Å². The maximum absolute atomic E-state index is 11.5. The number of carbonyl (C=O) groups excluding carboxylic acids is 1. The Bertz CT molecular complexity index is 412. The summed E-state index contributed by atoms with van der Waals surface area (Å²) in [7, 11) is 1.74. The van der Waals surface area contributed by atoms with E-state index in [1.165, 1.54) is 6.20 Å². The van der Waals surface area contributed by atoms with Crippen LogP contribution < -0.4 is 16.4 Å². The molecule has 0 spiro atoms. The van der Waals surface area contributed by atoms with Gasteiger partial charge in [-0.2, -0.15) is 0 Å². The van der Waals surface area contributed by atoms with Crippen molar-refractivity contribution in [1.29, 1.82) is 0 Å². The van der Waals surface area contributed by atoms with Crippen LogP contribution >= 0.6 is 0 Å². The summed E-state index contributed by atoms with van der Waals surface area (Å²) < 4.78 is 5.10. The molecular formula is C11H18N4O2. The standard InChI is InChI=1S/C11H18N4O2/c1-11(2,3)17-10(16)15-9-5-8(13-4)7(12)6-14-9/h5-6H,12H2,1-4H3,(H2,13,14,15,16). The second kappa shape index (κ2) is 4.90. The highest BCUT2D eigenvalue weighted by Gasteiger charge is 2.16. The van der Waals surface area contributed by atoms with Crippen molar-refractivity contribution in [2.45, 2.75) is 26.4 Å². The summed E-state index contributed by atoms with van der Waals surface area (Å²) in [5, 5.41) is 5.43. The molecule has 0 bridgehead atoms. The van der Waals surface area contributed by atoms with Crippen LogP contribution in [-0.4, -0.2) is 23.7 Å². The lowest BCUT2D eigenvalue weighted by molar-refractivity contribution is 0.0635. The Labute approximate surface area is 101 Å². The fourth-order valence-corrected chi connectivity index (χ4v) is 1.16. The van der Waals surface area contributed by atoms with E-state index in [4.69, 9.17) is 10.5 Å². The maximum atomic E-state index is 11.5. The monoisotopic (exact) mass is 238 g/mol. The highest BCUT2D eigenvalue weighted by atomic mass is 16.6. The number of amides is 1. The summed E-state index contributed by atoms with van der Waals surface area (Å²) in [6.45, 7) is 5.38. The molecule has 0 fully saturated rings. The second-order valence-electron chi connectivity index (χ2n) is 4.53. The first-order valence-electron chi connectivity index (χ1n) is 5.25. The third-order valence-corrected chi connectivity index (χ3v) is 1.83. The Hall–Kier alpha value is -1.98. The van der Waals surface area contributed by atoms with Crippen molar-refractivity contribution in [1.82, 2.24) is 4.98 Å². The average molecular weight is 238 g/mol. The van der Waals surface area contributed by atoms with Gasteiger partial charge < -0.3 is 15.8 Å². The number of nitrogen functional groups attached to an aromatic ring is 1. The van der Waals surface area contributed by atoms with Gasteiger partial charge in [0.1, 0.15) is 11.4 Å². The van der Waals surface area contributed by atoms with E-state index < -0.39 is 11.7 Å². The molecule has 0 saturated carbocycles. The Kier molecular flexibility index (Phi) is 3.77. The zero-order valence-corrected chi connectivity index (χ0v) is 10.5. The van der Waals surface area contributed by atoms with Gasteiger partial charge in [0.05, 0.1) is 17.6 Å². The van der Waals surface area contributed by atoms with E-state index in [9.17, 15) is 4.79 Å². The molecule has 0 radical (unpaired) electrons. The number of anilines is 3. The van der Waals surface area contributed by atoms with E-state index >= 15 is 0 Å². The molecule has 1 aromatic rings. The number of hydrogen-bond acceptors (Lipinski definition) is 5. The van der Waals surface area contributed by atoms with E-state index in [1.54, 1.807) is 33.9 Å². The smallest absolute Gasteiger partial charge is 0.413 e. The van der Waals surface area contributed by atoms with Crippen LogP contribution in [0.2, 0.25) is 0 Å². The van der Waals surface area contributed by atoms with Crippen LogP contribution in [0.5, 0.6) is 0 Å². The minimum atomic E-state index is -0.545. The molecule has 1 aromatic heterocycles. The molecule has 1 heterocycles.